The lowest BCUT2D eigenvalue weighted by atomic mass is 10.1. The number of rotatable bonds is 5. The molecular weight excluding hydrogens is 466 g/mol. The normalized spacial score (nSPS) is 11.2. The Labute approximate surface area is 176 Å². The molecule has 3 rings (SSSR count). The number of hydrogen-bond donors (Lipinski definition) is 1. The molecule has 1 heterocycles. The summed E-state index contributed by atoms with van der Waals surface area (Å²) < 4.78 is 26.2. The molecule has 144 valence electrons. The van der Waals surface area contributed by atoms with Crippen LogP contribution in [0.15, 0.2) is 64.4 Å². The number of nitrogens with one attached hydrogen (secondary N) is 1. The maximum Gasteiger partial charge on any atom is 0.276 e. The van der Waals surface area contributed by atoms with Gasteiger partial charge in [-0.15, -0.1) is 0 Å². The third kappa shape index (κ3) is 4.57. The maximum atomic E-state index is 12.7. The van der Waals surface area contributed by atoms with Gasteiger partial charge in [-0.25, -0.2) is 18.4 Å². The van der Waals surface area contributed by atoms with Gasteiger partial charge in [0, 0.05) is 4.47 Å². The van der Waals surface area contributed by atoms with Crippen LogP contribution in [0.5, 0.6) is 0 Å². The van der Waals surface area contributed by atoms with Gasteiger partial charge in [0.2, 0.25) is 15.0 Å². The van der Waals surface area contributed by atoms with Gasteiger partial charge >= 0.3 is 0 Å². The SMILES string of the molecule is Cc1ccccc1CS(=O)(=O)c1ncc(Cl)c(C(=O)Nc2ccccc2Br)n1. The highest BCUT2D eigenvalue weighted by Gasteiger charge is 2.23. The summed E-state index contributed by atoms with van der Waals surface area (Å²) in [6.45, 7) is 1.82. The van der Waals surface area contributed by atoms with E-state index in [0.717, 1.165) is 11.8 Å². The minimum Gasteiger partial charge on any atom is -0.320 e. The van der Waals surface area contributed by atoms with Gasteiger partial charge in [0.15, 0.2) is 5.69 Å². The first-order valence-electron chi connectivity index (χ1n) is 8.13. The lowest BCUT2D eigenvalue weighted by Gasteiger charge is -2.10. The number of aryl methyl sites for hydroxylation is 1. The average molecular weight is 481 g/mol. The lowest BCUT2D eigenvalue weighted by molar-refractivity contribution is 0.102. The molecule has 1 amide bonds. The summed E-state index contributed by atoms with van der Waals surface area (Å²) in [5, 5.41) is 2.16. The van der Waals surface area contributed by atoms with Crippen molar-refractivity contribution in [1.29, 1.82) is 0 Å². The molecule has 0 aliphatic rings. The number of hydrogen-bond acceptors (Lipinski definition) is 5. The van der Waals surface area contributed by atoms with Gasteiger partial charge in [-0.1, -0.05) is 48.0 Å². The second-order valence-electron chi connectivity index (χ2n) is 5.97. The quantitative estimate of drug-likeness (QED) is 0.546. The van der Waals surface area contributed by atoms with Gasteiger partial charge in [0.25, 0.3) is 5.91 Å². The summed E-state index contributed by atoms with van der Waals surface area (Å²) >= 11 is 9.37. The highest BCUT2D eigenvalue weighted by molar-refractivity contribution is 9.10. The number of para-hydroxylation sites is 1. The van der Waals surface area contributed by atoms with Crippen molar-refractivity contribution in [3.8, 4) is 0 Å². The van der Waals surface area contributed by atoms with Gasteiger partial charge < -0.3 is 5.32 Å². The topological polar surface area (TPSA) is 89.0 Å². The van der Waals surface area contributed by atoms with Crippen LogP contribution in [0.25, 0.3) is 0 Å². The van der Waals surface area contributed by atoms with Gasteiger partial charge in [0.05, 0.1) is 22.7 Å². The number of anilines is 1. The number of carbonyl (C=O) groups excluding carboxylic acids is 1. The van der Waals surface area contributed by atoms with E-state index in [0.29, 0.717) is 15.7 Å². The summed E-state index contributed by atoms with van der Waals surface area (Å²) in [7, 11) is -3.86. The third-order valence-electron chi connectivity index (χ3n) is 3.94. The highest BCUT2D eigenvalue weighted by atomic mass is 79.9. The molecule has 0 fully saturated rings. The maximum absolute atomic E-state index is 12.7. The average Bonchev–Trinajstić information content (AvgIpc) is 2.65. The Bertz CT molecular complexity index is 1150. The van der Waals surface area contributed by atoms with Crippen molar-refractivity contribution in [2.45, 2.75) is 17.8 Å². The van der Waals surface area contributed by atoms with Crippen LogP contribution >= 0.6 is 27.5 Å². The molecule has 0 unspecified atom stereocenters. The molecule has 0 saturated carbocycles. The van der Waals surface area contributed by atoms with Crippen LogP contribution in [0.2, 0.25) is 5.02 Å². The minimum atomic E-state index is -3.86. The lowest BCUT2D eigenvalue weighted by Crippen LogP contribution is -2.18. The zero-order valence-corrected chi connectivity index (χ0v) is 17.8. The van der Waals surface area contributed by atoms with E-state index < -0.39 is 20.9 Å². The van der Waals surface area contributed by atoms with Crippen LogP contribution in [-0.2, 0) is 15.6 Å². The van der Waals surface area contributed by atoms with Crippen molar-refractivity contribution in [1.82, 2.24) is 9.97 Å². The number of benzene rings is 2. The zero-order chi connectivity index (χ0) is 20.3. The van der Waals surface area contributed by atoms with E-state index in [1.807, 2.05) is 19.1 Å². The van der Waals surface area contributed by atoms with Crippen molar-refractivity contribution < 1.29 is 13.2 Å². The van der Waals surface area contributed by atoms with E-state index in [1.54, 1.807) is 36.4 Å². The minimum absolute atomic E-state index is 0.0422. The summed E-state index contributed by atoms with van der Waals surface area (Å²) in [6.07, 6.45) is 1.12. The number of halogens is 2. The number of nitrogens with zero attached hydrogens (tertiary/aromatic N) is 2. The number of carbonyl (C=O) groups is 1. The van der Waals surface area contributed by atoms with Crippen LogP contribution in [0.1, 0.15) is 21.6 Å². The second kappa shape index (κ2) is 8.38. The zero-order valence-electron chi connectivity index (χ0n) is 14.7. The predicted molar refractivity (Wildman–Crippen MR) is 111 cm³/mol. The van der Waals surface area contributed by atoms with E-state index in [2.05, 4.69) is 31.2 Å². The predicted octanol–water partition coefficient (Wildman–Crippen LogP) is 4.43. The monoisotopic (exact) mass is 479 g/mol. The molecule has 0 atom stereocenters. The molecule has 1 N–H and O–H groups in total. The van der Waals surface area contributed by atoms with Crippen molar-refractivity contribution >= 4 is 49.0 Å². The van der Waals surface area contributed by atoms with Crippen molar-refractivity contribution in [3.63, 3.8) is 0 Å². The molecule has 3 aromatic rings. The van der Waals surface area contributed by atoms with E-state index in [-0.39, 0.29) is 16.5 Å². The van der Waals surface area contributed by atoms with Crippen LogP contribution in [-0.4, -0.2) is 24.3 Å². The fraction of sp³-hybridized carbons (Fsp3) is 0.105. The molecule has 0 aliphatic carbocycles. The molecule has 0 saturated heterocycles. The van der Waals surface area contributed by atoms with Crippen molar-refractivity contribution in [3.05, 3.63) is 81.0 Å². The Morgan fingerprint density at radius 2 is 1.82 bits per heavy atom. The van der Waals surface area contributed by atoms with Crippen LogP contribution in [0, 0.1) is 6.92 Å². The molecule has 0 bridgehead atoms. The Morgan fingerprint density at radius 1 is 1.14 bits per heavy atom. The van der Waals surface area contributed by atoms with Gasteiger partial charge in [0.1, 0.15) is 0 Å². The van der Waals surface area contributed by atoms with E-state index in [9.17, 15) is 13.2 Å². The van der Waals surface area contributed by atoms with Crippen LogP contribution in [0.3, 0.4) is 0 Å². The molecule has 2 aromatic carbocycles. The van der Waals surface area contributed by atoms with E-state index >= 15 is 0 Å². The summed E-state index contributed by atoms with van der Waals surface area (Å²) in [6, 6.07) is 14.1. The molecule has 0 aliphatic heterocycles. The molecule has 1 aromatic heterocycles. The smallest absolute Gasteiger partial charge is 0.276 e. The first kappa shape index (κ1) is 20.4. The Hall–Kier alpha value is -2.29. The molecule has 28 heavy (non-hydrogen) atoms. The molecule has 6 nitrogen and oxygen atoms in total. The second-order valence-corrected chi connectivity index (χ2v) is 9.11. The fourth-order valence-corrected chi connectivity index (χ4v) is 4.31. The van der Waals surface area contributed by atoms with Crippen LogP contribution < -0.4 is 5.32 Å². The van der Waals surface area contributed by atoms with Gasteiger partial charge in [-0.2, -0.15) is 0 Å². The Kier molecular flexibility index (Phi) is 6.12. The number of amides is 1. The van der Waals surface area contributed by atoms with E-state index in [4.69, 9.17) is 11.6 Å². The summed E-state index contributed by atoms with van der Waals surface area (Å²) in [5.74, 6) is -0.904. The standard InChI is InChI=1S/C19H15BrClN3O3S/c1-12-6-2-3-7-13(12)11-28(26,27)19-22-10-15(21)17(24-19)18(25)23-16-9-5-4-8-14(16)20/h2-10H,11H2,1H3,(H,23,25). The van der Waals surface area contributed by atoms with E-state index in [1.165, 1.54) is 0 Å². The molecular formula is C19H15BrClN3O3S. The molecule has 0 spiro atoms. The Morgan fingerprint density at radius 3 is 2.54 bits per heavy atom. The van der Waals surface area contributed by atoms with Crippen molar-refractivity contribution in [2.75, 3.05) is 5.32 Å². The molecule has 9 heteroatoms. The third-order valence-corrected chi connectivity index (χ3v) is 6.36. The summed E-state index contributed by atoms with van der Waals surface area (Å²) in [4.78, 5) is 20.3. The van der Waals surface area contributed by atoms with Gasteiger partial charge in [-0.3, -0.25) is 4.79 Å². The first-order chi connectivity index (χ1) is 13.3. The summed E-state index contributed by atoms with van der Waals surface area (Å²) in [5.41, 5.74) is 1.77. The van der Waals surface area contributed by atoms with Crippen molar-refractivity contribution in [2.24, 2.45) is 0 Å². The largest absolute Gasteiger partial charge is 0.320 e. The highest BCUT2D eigenvalue weighted by Crippen LogP contribution is 2.24. The number of aromatic nitrogens is 2. The van der Waals surface area contributed by atoms with Crippen LogP contribution in [0.4, 0.5) is 5.69 Å². The molecule has 0 radical (unpaired) electrons. The fourth-order valence-electron chi connectivity index (χ4n) is 2.45. The van der Waals surface area contributed by atoms with Gasteiger partial charge in [-0.05, 0) is 46.1 Å². The first-order valence-corrected chi connectivity index (χ1v) is 11.0. The number of sulfone groups is 1. The Balaban J connectivity index is 1.91.